The maximum atomic E-state index is 8.00. The van der Waals surface area contributed by atoms with Crippen molar-refractivity contribution in [2.75, 3.05) is 0 Å². The molecule has 2 heteroatoms. The van der Waals surface area contributed by atoms with E-state index in [1.807, 2.05) is 13.6 Å². The molecule has 0 amide bonds. The van der Waals surface area contributed by atoms with Gasteiger partial charge in [0.25, 0.3) is 0 Å². The molecule has 19 heavy (non-hydrogen) atoms. The van der Waals surface area contributed by atoms with Crippen LogP contribution in [0, 0.1) is 0 Å². The van der Waals surface area contributed by atoms with Crippen LogP contribution in [0.1, 0.15) is 18.9 Å². The highest BCUT2D eigenvalue weighted by Gasteiger charge is 1.96. The van der Waals surface area contributed by atoms with Gasteiger partial charge in [-0.25, -0.2) is 0 Å². The van der Waals surface area contributed by atoms with Crippen LogP contribution in [-0.2, 0) is 16.0 Å². The Morgan fingerprint density at radius 1 is 0.737 bits per heavy atom. The van der Waals surface area contributed by atoms with Crippen LogP contribution in [0.3, 0.4) is 0 Å². The molecule has 0 saturated carbocycles. The van der Waals surface area contributed by atoms with Crippen molar-refractivity contribution in [1.29, 1.82) is 0 Å². The molecule has 2 aromatic carbocycles. The summed E-state index contributed by atoms with van der Waals surface area (Å²) < 4.78 is 0. The maximum absolute atomic E-state index is 8.00. The van der Waals surface area contributed by atoms with Gasteiger partial charge in [-0.05, 0) is 23.1 Å². The minimum Gasteiger partial charge on any atom is -0.307 e. The van der Waals surface area contributed by atoms with Crippen LogP contribution >= 0.6 is 0 Å². The Bertz CT molecular complexity index is 433. The van der Waals surface area contributed by atoms with E-state index in [-0.39, 0.29) is 0 Å². The molecule has 0 aliphatic carbocycles. The van der Waals surface area contributed by atoms with Crippen molar-refractivity contribution in [3.63, 3.8) is 0 Å². The lowest BCUT2D eigenvalue weighted by molar-refractivity contribution is -0.0987. The van der Waals surface area contributed by atoms with Gasteiger partial charge >= 0.3 is 0 Å². The summed E-state index contributed by atoms with van der Waals surface area (Å²) in [4.78, 5) is 16.0. The van der Waals surface area contributed by atoms with Gasteiger partial charge < -0.3 is 9.59 Å². The van der Waals surface area contributed by atoms with Gasteiger partial charge in [0.15, 0.2) is 0 Å². The van der Waals surface area contributed by atoms with Crippen molar-refractivity contribution in [1.82, 2.24) is 0 Å². The summed E-state index contributed by atoms with van der Waals surface area (Å²) in [7, 11) is 0. The van der Waals surface area contributed by atoms with E-state index in [0.29, 0.717) is 0 Å². The Kier molecular flexibility index (Phi) is 9.63. The fraction of sp³-hybridized carbons (Fsp3) is 0.176. The van der Waals surface area contributed by atoms with Crippen molar-refractivity contribution >= 4 is 13.6 Å². The van der Waals surface area contributed by atoms with Gasteiger partial charge in [0, 0.05) is 0 Å². The Morgan fingerprint density at radius 2 is 1.21 bits per heavy atom. The Labute approximate surface area is 115 Å². The van der Waals surface area contributed by atoms with Crippen molar-refractivity contribution in [3.05, 3.63) is 60.2 Å². The third-order valence-electron chi connectivity index (χ3n) is 2.60. The van der Waals surface area contributed by atoms with E-state index >= 15 is 0 Å². The minimum atomic E-state index is 1.18. The smallest absolute Gasteiger partial charge is 0.106 e. The molecule has 0 fully saturated rings. The van der Waals surface area contributed by atoms with Gasteiger partial charge in [-0.2, -0.15) is 0 Å². The second kappa shape index (κ2) is 10.9. The molecular weight excluding hydrogens is 236 g/mol. The first-order chi connectivity index (χ1) is 9.40. The lowest BCUT2D eigenvalue weighted by Crippen LogP contribution is -1.83. The zero-order valence-electron chi connectivity index (χ0n) is 11.3. The van der Waals surface area contributed by atoms with Crippen LogP contribution in [0.2, 0.25) is 0 Å². The number of rotatable bonds is 3. The van der Waals surface area contributed by atoms with E-state index in [9.17, 15) is 0 Å². The molecule has 0 N–H and O–H groups in total. The van der Waals surface area contributed by atoms with Crippen molar-refractivity contribution in [3.8, 4) is 11.1 Å². The van der Waals surface area contributed by atoms with Crippen LogP contribution in [0.25, 0.3) is 11.1 Å². The molecule has 0 aromatic heterocycles. The highest BCUT2D eigenvalue weighted by Crippen LogP contribution is 2.19. The molecule has 2 aromatic rings. The van der Waals surface area contributed by atoms with Crippen molar-refractivity contribution in [2.45, 2.75) is 19.8 Å². The van der Waals surface area contributed by atoms with Crippen molar-refractivity contribution in [2.24, 2.45) is 0 Å². The van der Waals surface area contributed by atoms with Gasteiger partial charge in [-0.15, -0.1) is 0 Å². The summed E-state index contributed by atoms with van der Waals surface area (Å²) in [6.45, 7) is 6.21. The second-order valence-corrected chi connectivity index (χ2v) is 3.81. The summed E-state index contributed by atoms with van der Waals surface area (Å²) in [6, 6.07) is 19.4. The summed E-state index contributed by atoms with van der Waals surface area (Å²) in [5.41, 5.74) is 4.02. The lowest BCUT2D eigenvalue weighted by atomic mass is 10.0. The van der Waals surface area contributed by atoms with Crippen LogP contribution in [0.5, 0.6) is 0 Å². The van der Waals surface area contributed by atoms with Gasteiger partial charge in [0.1, 0.15) is 13.6 Å². The normalized spacial score (nSPS) is 8.47. The largest absolute Gasteiger partial charge is 0.307 e. The predicted molar refractivity (Wildman–Crippen MR) is 80.1 cm³/mol. The van der Waals surface area contributed by atoms with Gasteiger partial charge in [-0.3, -0.25) is 0 Å². The molecule has 0 saturated heterocycles. The topological polar surface area (TPSA) is 34.1 Å². The first-order valence-electron chi connectivity index (χ1n) is 6.12. The molecule has 0 aliphatic heterocycles. The Morgan fingerprint density at radius 3 is 1.68 bits per heavy atom. The zero-order valence-corrected chi connectivity index (χ0v) is 11.3. The van der Waals surface area contributed by atoms with Crippen LogP contribution < -0.4 is 0 Å². The summed E-state index contributed by atoms with van der Waals surface area (Å²) >= 11 is 0. The number of carbonyl (C=O) groups is 2. The number of carbonyl (C=O) groups excluding carboxylic acids is 2. The highest BCUT2D eigenvalue weighted by molar-refractivity contribution is 5.63. The molecule has 0 atom stereocenters. The summed E-state index contributed by atoms with van der Waals surface area (Å²) in [5.74, 6) is 0. The number of hydrogen-bond acceptors (Lipinski definition) is 2. The molecular formula is C17H20O2. The predicted octanol–water partition coefficient (Wildman–Crippen LogP) is 3.94. The number of aryl methyl sites for hydroxylation is 1. The highest BCUT2D eigenvalue weighted by atomic mass is 16.1. The molecule has 0 heterocycles. The Balaban J connectivity index is 0.000000741. The first-order valence-corrected chi connectivity index (χ1v) is 6.12. The van der Waals surface area contributed by atoms with E-state index in [4.69, 9.17) is 9.59 Å². The van der Waals surface area contributed by atoms with Gasteiger partial charge in [-0.1, -0.05) is 67.9 Å². The molecule has 2 nitrogen and oxygen atoms in total. The SMILES string of the molecule is C=O.C=O.CCCc1ccc(-c2ccccc2)cc1. The third-order valence-corrected chi connectivity index (χ3v) is 2.60. The Hall–Kier alpha value is -2.22. The standard InChI is InChI=1S/C15H16.2CH2O/c1-2-6-13-9-11-15(12-10-13)14-7-4-3-5-8-14;2*1-2/h3-5,7-12H,2,6H2,1H3;2*1H2. The monoisotopic (exact) mass is 256 g/mol. The zero-order chi connectivity index (χ0) is 14.5. The van der Waals surface area contributed by atoms with E-state index in [2.05, 4.69) is 61.5 Å². The van der Waals surface area contributed by atoms with Crippen LogP contribution in [0.15, 0.2) is 54.6 Å². The molecule has 0 spiro atoms. The second-order valence-electron chi connectivity index (χ2n) is 3.81. The van der Waals surface area contributed by atoms with Gasteiger partial charge in [0.2, 0.25) is 0 Å². The molecule has 0 aliphatic rings. The third kappa shape index (κ3) is 5.77. The molecule has 100 valence electrons. The first kappa shape index (κ1) is 16.8. The number of hydrogen-bond donors (Lipinski definition) is 0. The quantitative estimate of drug-likeness (QED) is 0.833. The fourth-order valence-electron chi connectivity index (χ4n) is 1.78. The van der Waals surface area contributed by atoms with E-state index < -0.39 is 0 Å². The fourth-order valence-corrected chi connectivity index (χ4v) is 1.78. The average Bonchev–Trinajstić information content (AvgIpc) is 2.53. The van der Waals surface area contributed by atoms with Crippen LogP contribution in [-0.4, -0.2) is 13.6 Å². The van der Waals surface area contributed by atoms with Crippen molar-refractivity contribution < 1.29 is 9.59 Å². The molecule has 0 bridgehead atoms. The summed E-state index contributed by atoms with van der Waals surface area (Å²) in [6.07, 6.45) is 2.39. The summed E-state index contributed by atoms with van der Waals surface area (Å²) in [5, 5.41) is 0. The molecule has 0 unspecified atom stereocenters. The molecule has 2 rings (SSSR count). The molecule has 0 radical (unpaired) electrons. The van der Waals surface area contributed by atoms with E-state index in [0.717, 1.165) is 0 Å². The minimum absolute atomic E-state index is 1.18. The average molecular weight is 256 g/mol. The van der Waals surface area contributed by atoms with Gasteiger partial charge in [0.05, 0.1) is 0 Å². The lowest BCUT2D eigenvalue weighted by Gasteiger charge is -2.03. The van der Waals surface area contributed by atoms with E-state index in [1.54, 1.807) is 0 Å². The number of benzene rings is 2. The van der Waals surface area contributed by atoms with E-state index in [1.165, 1.54) is 29.5 Å². The van der Waals surface area contributed by atoms with Crippen LogP contribution in [0.4, 0.5) is 0 Å². The maximum Gasteiger partial charge on any atom is 0.106 e.